The first kappa shape index (κ1) is 17.9. The number of hydrogen-bond donors (Lipinski definition) is 0. The number of ether oxygens (including phenoxy) is 1. The van der Waals surface area contributed by atoms with Crippen LogP contribution < -0.4 is 0 Å². The van der Waals surface area contributed by atoms with Gasteiger partial charge < -0.3 is 14.5 Å². The molecule has 0 aliphatic carbocycles. The van der Waals surface area contributed by atoms with E-state index in [4.69, 9.17) is 4.74 Å². The molecule has 1 aromatic rings. The zero-order valence-corrected chi connectivity index (χ0v) is 15.0. The average Bonchev–Trinajstić information content (AvgIpc) is 3.14. The molecule has 0 bridgehead atoms. The highest BCUT2D eigenvalue weighted by Crippen LogP contribution is 2.24. The summed E-state index contributed by atoms with van der Waals surface area (Å²) >= 11 is 0. The number of likely N-dealkylation sites (tertiary alicyclic amines) is 2. The summed E-state index contributed by atoms with van der Waals surface area (Å²) in [5.74, 6) is 0.874. The van der Waals surface area contributed by atoms with Crippen LogP contribution in [0.1, 0.15) is 25.7 Å². The minimum absolute atomic E-state index is 0.0581. The van der Waals surface area contributed by atoms with E-state index in [0.29, 0.717) is 38.5 Å². The van der Waals surface area contributed by atoms with Crippen LogP contribution in [0, 0.1) is 11.8 Å². The number of amides is 2. The van der Waals surface area contributed by atoms with Crippen molar-refractivity contribution in [2.75, 3.05) is 39.9 Å². The van der Waals surface area contributed by atoms with Crippen LogP contribution in [0.15, 0.2) is 18.5 Å². The fraction of sp³-hybridized carbons (Fsp3) is 0.722. The van der Waals surface area contributed by atoms with Gasteiger partial charge >= 0.3 is 0 Å². The number of carbonyl (C=O) groups excluding carboxylic acids is 2. The molecule has 2 amide bonds. The van der Waals surface area contributed by atoms with E-state index >= 15 is 0 Å². The first-order valence-electron chi connectivity index (χ1n) is 9.20. The predicted molar refractivity (Wildman–Crippen MR) is 92.7 cm³/mol. The highest BCUT2D eigenvalue weighted by molar-refractivity contribution is 5.84. The molecular weight excluding hydrogens is 320 g/mol. The molecule has 2 aliphatic heterocycles. The third kappa shape index (κ3) is 4.60. The van der Waals surface area contributed by atoms with Gasteiger partial charge in [0, 0.05) is 58.6 Å². The van der Waals surface area contributed by atoms with E-state index < -0.39 is 0 Å². The summed E-state index contributed by atoms with van der Waals surface area (Å²) in [6.45, 7) is 4.18. The van der Waals surface area contributed by atoms with Crippen LogP contribution in [0.5, 0.6) is 0 Å². The topological polar surface area (TPSA) is 67.7 Å². The minimum Gasteiger partial charge on any atom is -0.383 e. The van der Waals surface area contributed by atoms with Crippen LogP contribution in [0.25, 0.3) is 0 Å². The summed E-state index contributed by atoms with van der Waals surface area (Å²) in [5, 5.41) is 4.27. The molecule has 2 aliphatic rings. The van der Waals surface area contributed by atoms with Gasteiger partial charge in [0.15, 0.2) is 0 Å². The molecule has 3 rings (SSSR count). The maximum atomic E-state index is 12.8. The summed E-state index contributed by atoms with van der Waals surface area (Å²) in [6, 6.07) is 1.94. The molecule has 138 valence electrons. The van der Waals surface area contributed by atoms with E-state index in [-0.39, 0.29) is 17.7 Å². The molecule has 1 atom stereocenters. The third-order valence-corrected chi connectivity index (χ3v) is 5.35. The summed E-state index contributed by atoms with van der Waals surface area (Å²) in [7, 11) is 1.63. The molecular formula is C18H28N4O3. The third-order valence-electron chi connectivity index (χ3n) is 5.35. The summed E-state index contributed by atoms with van der Waals surface area (Å²) in [6.07, 6.45) is 6.98. The largest absolute Gasteiger partial charge is 0.383 e. The van der Waals surface area contributed by atoms with Gasteiger partial charge in [0.2, 0.25) is 11.8 Å². The quantitative estimate of drug-likeness (QED) is 0.769. The smallest absolute Gasteiger partial charge is 0.227 e. The fourth-order valence-electron chi connectivity index (χ4n) is 3.80. The Morgan fingerprint density at radius 3 is 2.80 bits per heavy atom. The summed E-state index contributed by atoms with van der Waals surface area (Å²) < 4.78 is 7.04. The van der Waals surface area contributed by atoms with Crippen LogP contribution in [0.3, 0.4) is 0 Å². The number of rotatable bonds is 6. The highest BCUT2D eigenvalue weighted by Gasteiger charge is 2.34. The molecule has 1 aromatic heterocycles. The number of carbonyl (C=O) groups is 2. The Morgan fingerprint density at radius 2 is 2.12 bits per heavy atom. The Bertz CT molecular complexity index is 567. The van der Waals surface area contributed by atoms with Crippen LogP contribution in [-0.2, 0) is 20.9 Å². The van der Waals surface area contributed by atoms with Crippen LogP contribution in [0.2, 0.25) is 0 Å². The van der Waals surface area contributed by atoms with Gasteiger partial charge in [-0.3, -0.25) is 14.3 Å². The zero-order chi connectivity index (χ0) is 17.6. The summed E-state index contributed by atoms with van der Waals surface area (Å²) in [4.78, 5) is 28.6. The molecule has 0 radical (unpaired) electrons. The number of methoxy groups -OCH3 is 1. The second-order valence-corrected chi connectivity index (χ2v) is 7.06. The SMILES string of the molecule is COCCN1C[C@@H](C(=O)N2CCC(Cn3cccn3)CC2)CCC1=O. The van der Waals surface area contributed by atoms with Gasteiger partial charge in [0.05, 0.1) is 12.5 Å². The van der Waals surface area contributed by atoms with Gasteiger partial charge in [-0.2, -0.15) is 5.10 Å². The van der Waals surface area contributed by atoms with Crippen LogP contribution in [-0.4, -0.2) is 71.3 Å². The van der Waals surface area contributed by atoms with E-state index in [0.717, 1.165) is 32.5 Å². The predicted octanol–water partition coefficient (Wildman–Crippen LogP) is 1.01. The molecule has 2 fully saturated rings. The van der Waals surface area contributed by atoms with E-state index in [9.17, 15) is 9.59 Å². The lowest BCUT2D eigenvalue weighted by Gasteiger charge is -2.37. The number of hydrogen-bond acceptors (Lipinski definition) is 4. The number of aromatic nitrogens is 2. The highest BCUT2D eigenvalue weighted by atomic mass is 16.5. The second kappa shape index (κ2) is 8.47. The van der Waals surface area contributed by atoms with Crippen molar-refractivity contribution in [3.63, 3.8) is 0 Å². The zero-order valence-electron chi connectivity index (χ0n) is 15.0. The van der Waals surface area contributed by atoms with Gasteiger partial charge in [-0.25, -0.2) is 0 Å². The van der Waals surface area contributed by atoms with Gasteiger partial charge in [0.1, 0.15) is 0 Å². The van der Waals surface area contributed by atoms with E-state index in [1.165, 1.54) is 0 Å². The Hall–Kier alpha value is -1.89. The molecule has 7 heteroatoms. The number of nitrogens with zero attached hydrogens (tertiary/aromatic N) is 4. The van der Waals surface area contributed by atoms with E-state index in [1.54, 1.807) is 18.2 Å². The first-order chi connectivity index (χ1) is 12.2. The maximum absolute atomic E-state index is 12.8. The van der Waals surface area contributed by atoms with Crippen LogP contribution >= 0.6 is 0 Å². The van der Waals surface area contributed by atoms with E-state index in [1.807, 2.05) is 21.8 Å². The van der Waals surface area contributed by atoms with Crippen molar-refractivity contribution in [2.24, 2.45) is 11.8 Å². The molecule has 7 nitrogen and oxygen atoms in total. The molecule has 2 saturated heterocycles. The molecule has 3 heterocycles. The molecule has 0 aromatic carbocycles. The van der Waals surface area contributed by atoms with Crippen molar-refractivity contribution in [1.82, 2.24) is 19.6 Å². The van der Waals surface area contributed by atoms with Crippen molar-refractivity contribution < 1.29 is 14.3 Å². The van der Waals surface area contributed by atoms with Gasteiger partial charge in [-0.05, 0) is 31.2 Å². The normalized spacial score (nSPS) is 22.4. The van der Waals surface area contributed by atoms with Crippen molar-refractivity contribution in [3.05, 3.63) is 18.5 Å². The molecule has 25 heavy (non-hydrogen) atoms. The van der Waals surface area contributed by atoms with Crippen molar-refractivity contribution in [1.29, 1.82) is 0 Å². The fourth-order valence-corrected chi connectivity index (χ4v) is 3.80. The van der Waals surface area contributed by atoms with Crippen LogP contribution in [0.4, 0.5) is 0 Å². The van der Waals surface area contributed by atoms with Gasteiger partial charge in [-0.15, -0.1) is 0 Å². The molecule has 0 unspecified atom stereocenters. The molecule has 0 saturated carbocycles. The van der Waals surface area contributed by atoms with Crippen molar-refractivity contribution >= 4 is 11.8 Å². The Balaban J connectivity index is 1.47. The lowest BCUT2D eigenvalue weighted by molar-refractivity contribution is -0.144. The van der Waals surface area contributed by atoms with E-state index in [2.05, 4.69) is 5.10 Å². The standard InChI is InChI=1S/C18H28N4O3/c1-25-12-11-21-14-16(3-4-17(21)23)18(24)20-9-5-15(6-10-20)13-22-8-2-7-19-22/h2,7-8,15-16H,3-6,9-14H2,1H3/t16-/m0/s1. The van der Waals surface area contributed by atoms with Gasteiger partial charge in [-0.1, -0.05) is 0 Å². The lowest BCUT2D eigenvalue weighted by atomic mass is 9.92. The summed E-state index contributed by atoms with van der Waals surface area (Å²) in [5.41, 5.74) is 0. The average molecular weight is 348 g/mol. The Morgan fingerprint density at radius 1 is 1.32 bits per heavy atom. The van der Waals surface area contributed by atoms with Gasteiger partial charge in [0.25, 0.3) is 0 Å². The Labute approximate surface area is 148 Å². The monoisotopic (exact) mass is 348 g/mol. The van der Waals surface area contributed by atoms with Crippen molar-refractivity contribution in [3.8, 4) is 0 Å². The molecule has 0 spiro atoms. The minimum atomic E-state index is -0.0581. The number of piperidine rings is 2. The Kier molecular flexibility index (Phi) is 6.07. The maximum Gasteiger partial charge on any atom is 0.227 e. The molecule has 0 N–H and O–H groups in total. The van der Waals surface area contributed by atoms with Crippen molar-refractivity contribution in [2.45, 2.75) is 32.2 Å². The first-order valence-corrected chi connectivity index (χ1v) is 9.20. The lowest BCUT2D eigenvalue weighted by Crippen LogP contribution is -2.49. The second-order valence-electron chi connectivity index (χ2n) is 7.06.